The minimum absolute atomic E-state index is 0.000997. The largest absolute Gasteiger partial charge is 0.465 e. The van der Waals surface area contributed by atoms with E-state index < -0.39 is 11.8 Å². The van der Waals surface area contributed by atoms with Crippen LogP contribution in [0.4, 0.5) is 0 Å². The summed E-state index contributed by atoms with van der Waals surface area (Å²) in [5, 5.41) is 0. The van der Waals surface area contributed by atoms with Crippen molar-refractivity contribution in [3.05, 3.63) is 71.8 Å². The van der Waals surface area contributed by atoms with Gasteiger partial charge in [-0.15, -0.1) is 0 Å². The summed E-state index contributed by atoms with van der Waals surface area (Å²) < 4.78 is 15.7. The van der Waals surface area contributed by atoms with Crippen LogP contribution in [0.25, 0.3) is 0 Å². The number of benzene rings is 2. The van der Waals surface area contributed by atoms with Crippen LogP contribution in [0.15, 0.2) is 60.7 Å². The molecule has 0 atom stereocenters. The molecule has 0 bridgehead atoms. The number of esters is 1. The van der Waals surface area contributed by atoms with Crippen molar-refractivity contribution in [1.82, 2.24) is 0 Å². The Morgan fingerprint density at radius 1 is 0.815 bits per heavy atom. The standard InChI is InChI=1S/C21H22O6/c1-25-21(26-2,20(24)17-11-7-4-8-12-17)13-14-27-19(23)15-18(22)16-9-5-3-6-10-16/h3-12H,13-15H2,1-2H3. The fourth-order valence-electron chi connectivity index (χ4n) is 2.60. The highest BCUT2D eigenvalue weighted by Gasteiger charge is 2.39. The van der Waals surface area contributed by atoms with Crippen molar-refractivity contribution in [3.8, 4) is 0 Å². The normalized spacial score (nSPS) is 11.0. The van der Waals surface area contributed by atoms with Gasteiger partial charge in [-0.1, -0.05) is 60.7 Å². The second-order valence-corrected chi connectivity index (χ2v) is 5.79. The number of ether oxygens (including phenoxy) is 3. The monoisotopic (exact) mass is 370 g/mol. The smallest absolute Gasteiger partial charge is 0.313 e. The minimum Gasteiger partial charge on any atom is -0.465 e. The molecule has 0 amide bonds. The molecule has 142 valence electrons. The zero-order chi connectivity index (χ0) is 19.7. The number of hydrogen-bond donors (Lipinski definition) is 0. The molecule has 0 N–H and O–H groups in total. The topological polar surface area (TPSA) is 78.9 Å². The van der Waals surface area contributed by atoms with Gasteiger partial charge in [-0.25, -0.2) is 0 Å². The Morgan fingerprint density at radius 3 is 1.85 bits per heavy atom. The number of methoxy groups -OCH3 is 2. The third-order valence-electron chi connectivity index (χ3n) is 4.14. The fraction of sp³-hybridized carbons (Fsp3) is 0.286. The Hall–Kier alpha value is -2.83. The van der Waals surface area contributed by atoms with Crippen LogP contribution in [0.5, 0.6) is 0 Å². The SMILES string of the molecule is COC(CCOC(=O)CC(=O)c1ccccc1)(OC)C(=O)c1ccccc1. The first-order valence-electron chi connectivity index (χ1n) is 8.46. The van der Waals surface area contributed by atoms with E-state index in [1.165, 1.54) is 14.2 Å². The summed E-state index contributed by atoms with van der Waals surface area (Å²) in [4.78, 5) is 36.7. The van der Waals surface area contributed by atoms with Gasteiger partial charge in [-0.2, -0.15) is 0 Å². The molecule has 2 rings (SSSR count). The van der Waals surface area contributed by atoms with Crippen molar-refractivity contribution in [1.29, 1.82) is 0 Å². The number of carbonyl (C=O) groups excluding carboxylic acids is 3. The maximum atomic E-state index is 12.7. The number of Topliss-reactive ketones (excluding diaryl/α,β-unsaturated/α-hetero) is 2. The Balaban J connectivity index is 1.93. The molecule has 0 fully saturated rings. The molecule has 0 aliphatic heterocycles. The molecule has 2 aromatic rings. The second-order valence-electron chi connectivity index (χ2n) is 5.79. The van der Waals surface area contributed by atoms with E-state index in [9.17, 15) is 14.4 Å². The molecule has 0 aliphatic rings. The zero-order valence-electron chi connectivity index (χ0n) is 15.3. The minimum atomic E-state index is -1.56. The average Bonchev–Trinajstić information content (AvgIpc) is 2.72. The number of hydrogen-bond acceptors (Lipinski definition) is 6. The van der Waals surface area contributed by atoms with Crippen LogP contribution in [0, 0.1) is 0 Å². The Labute approximate surface area is 158 Å². The molecule has 6 heteroatoms. The highest BCUT2D eigenvalue weighted by atomic mass is 16.7. The Bertz CT molecular complexity index is 766. The molecule has 2 aromatic carbocycles. The van der Waals surface area contributed by atoms with Gasteiger partial charge in [-0.05, 0) is 0 Å². The number of ketones is 2. The molecule has 0 saturated carbocycles. The van der Waals surface area contributed by atoms with Gasteiger partial charge in [0.05, 0.1) is 6.61 Å². The molecule has 0 saturated heterocycles. The lowest BCUT2D eigenvalue weighted by molar-refractivity contribution is -0.181. The van der Waals surface area contributed by atoms with Crippen molar-refractivity contribution >= 4 is 17.5 Å². The van der Waals surface area contributed by atoms with Crippen molar-refractivity contribution in [2.24, 2.45) is 0 Å². The highest BCUT2D eigenvalue weighted by molar-refractivity contribution is 6.06. The van der Waals surface area contributed by atoms with E-state index in [1.807, 2.05) is 0 Å². The molecule has 0 unspecified atom stereocenters. The van der Waals surface area contributed by atoms with Gasteiger partial charge in [0.25, 0.3) is 0 Å². The third kappa shape index (κ3) is 5.32. The average molecular weight is 370 g/mol. The van der Waals surface area contributed by atoms with Crippen molar-refractivity contribution in [2.45, 2.75) is 18.6 Å². The lowest BCUT2D eigenvalue weighted by Gasteiger charge is -2.29. The van der Waals surface area contributed by atoms with Crippen LogP contribution < -0.4 is 0 Å². The van der Waals surface area contributed by atoms with E-state index in [0.29, 0.717) is 11.1 Å². The summed E-state index contributed by atoms with van der Waals surface area (Å²) in [7, 11) is 2.70. The third-order valence-corrected chi connectivity index (χ3v) is 4.14. The second kappa shape index (κ2) is 9.75. The number of carbonyl (C=O) groups is 3. The Morgan fingerprint density at radius 2 is 1.33 bits per heavy atom. The number of rotatable bonds is 10. The predicted molar refractivity (Wildman–Crippen MR) is 98.5 cm³/mol. The van der Waals surface area contributed by atoms with Gasteiger partial charge in [0, 0.05) is 31.8 Å². The quantitative estimate of drug-likeness (QED) is 0.277. The van der Waals surface area contributed by atoms with Crippen LogP contribution in [0.3, 0.4) is 0 Å². The molecule has 6 nitrogen and oxygen atoms in total. The first-order valence-corrected chi connectivity index (χ1v) is 8.46. The van der Waals surface area contributed by atoms with Crippen LogP contribution in [0.1, 0.15) is 33.6 Å². The van der Waals surface area contributed by atoms with Crippen LogP contribution in [-0.4, -0.2) is 44.1 Å². The molecule has 0 aromatic heterocycles. The summed E-state index contributed by atoms with van der Waals surface area (Å²) in [5.74, 6) is -2.93. The lowest BCUT2D eigenvalue weighted by Crippen LogP contribution is -2.44. The van der Waals surface area contributed by atoms with Crippen molar-refractivity contribution in [2.75, 3.05) is 20.8 Å². The Kier molecular flexibility index (Phi) is 7.40. The van der Waals surface area contributed by atoms with E-state index in [2.05, 4.69) is 0 Å². The maximum absolute atomic E-state index is 12.7. The molecular formula is C21H22O6. The maximum Gasteiger partial charge on any atom is 0.313 e. The summed E-state index contributed by atoms with van der Waals surface area (Å²) in [6.45, 7) is -0.124. The summed E-state index contributed by atoms with van der Waals surface area (Å²) in [6, 6.07) is 17.1. The van der Waals surface area contributed by atoms with Gasteiger partial charge < -0.3 is 14.2 Å². The van der Waals surface area contributed by atoms with Crippen molar-refractivity contribution < 1.29 is 28.6 Å². The van der Waals surface area contributed by atoms with Gasteiger partial charge in [-0.3, -0.25) is 14.4 Å². The summed E-state index contributed by atoms with van der Waals surface area (Å²) >= 11 is 0. The van der Waals surface area contributed by atoms with E-state index in [1.54, 1.807) is 60.7 Å². The molecular weight excluding hydrogens is 348 g/mol. The first kappa shape index (κ1) is 20.5. The van der Waals surface area contributed by atoms with Gasteiger partial charge >= 0.3 is 5.97 Å². The predicted octanol–water partition coefficient (Wildman–Crippen LogP) is 3.06. The van der Waals surface area contributed by atoms with Gasteiger partial charge in [0.2, 0.25) is 11.6 Å². The summed E-state index contributed by atoms with van der Waals surface area (Å²) in [5.41, 5.74) is 0.864. The van der Waals surface area contributed by atoms with Gasteiger partial charge in [0.15, 0.2) is 5.78 Å². The summed E-state index contributed by atoms with van der Waals surface area (Å²) in [6.07, 6.45) is -0.372. The molecule has 27 heavy (non-hydrogen) atoms. The highest BCUT2D eigenvalue weighted by Crippen LogP contribution is 2.23. The first-order chi connectivity index (χ1) is 13.0. The van der Waals surface area contributed by atoms with Crippen LogP contribution >= 0.6 is 0 Å². The van der Waals surface area contributed by atoms with Crippen LogP contribution in [0.2, 0.25) is 0 Å². The van der Waals surface area contributed by atoms with E-state index >= 15 is 0 Å². The van der Waals surface area contributed by atoms with E-state index in [4.69, 9.17) is 14.2 Å². The fourth-order valence-corrected chi connectivity index (χ4v) is 2.60. The molecule has 0 spiro atoms. The van der Waals surface area contributed by atoms with Gasteiger partial charge in [0.1, 0.15) is 6.42 Å². The van der Waals surface area contributed by atoms with E-state index in [0.717, 1.165) is 0 Å². The molecule has 0 heterocycles. The van der Waals surface area contributed by atoms with Crippen LogP contribution in [-0.2, 0) is 19.0 Å². The van der Waals surface area contributed by atoms with Crippen molar-refractivity contribution in [3.63, 3.8) is 0 Å². The zero-order valence-corrected chi connectivity index (χ0v) is 15.3. The lowest BCUT2D eigenvalue weighted by atomic mass is 10.0. The van der Waals surface area contributed by atoms with E-state index in [-0.39, 0.29) is 31.0 Å². The molecule has 0 aliphatic carbocycles. The molecule has 0 radical (unpaired) electrons.